The molecule has 0 aliphatic carbocycles. The van der Waals surface area contributed by atoms with Crippen LogP contribution in [-0.4, -0.2) is 11.7 Å². The Kier molecular flexibility index (Phi) is 4.74. The Bertz CT molecular complexity index is 529. The number of benzene rings is 1. The maximum absolute atomic E-state index is 13.0. The fraction of sp³-hybridized carbons (Fsp3) is 0.231. The van der Waals surface area contributed by atoms with Crippen LogP contribution in [-0.2, 0) is 13.0 Å². The number of hydrogen-bond donors (Lipinski definition) is 2. The molecule has 1 aromatic heterocycles. The first-order chi connectivity index (χ1) is 8.65. The third-order valence-electron chi connectivity index (χ3n) is 2.53. The van der Waals surface area contributed by atoms with Crippen molar-refractivity contribution in [1.29, 1.82) is 0 Å². The molecular weight excluding hydrogens is 317 g/mol. The first kappa shape index (κ1) is 13.5. The number of phenolic OH excluding ortho intramolecular Hbond substituents is 1. The monoisotopic (exact) mass is 329 g/mol. The number of nitrogens with one attached hydrogen (secondary N) is 1. The SMILES string of the molecule is Oc1ccc(F)cc1CNCCc1ccc(Br)s1. The number of phenols is 1. The molecule has 1 aromatic carbocycles. The summed E-state index contributed by atoms with van der Waals surface area (Å²) in [4.78, 5) is 1.29. The molecule has 2 aromatic rings. The molecule has 0 saturated carbocycles. The first-order valence-corrected chi connectivity index (χ1v) is 7.18. The van der Waals surface area contributed by atoms with Gasteiger partial charge < -0.3 is 10.4 Å². The van der Waals surface area contributed by atoms with E-state index in [4.69, 9.17) is 0 Å². The number of thiophene rings is 1. The zero-order chi connectivity index (χ0) is 13.0. The summed E-state index contributed by atoms with van der Waals surface area (Å²) in [6.45, 7) is 1.26. The van der Waals surface area contributed by atoms with Crippen LogP contribution in [0.1, 0.15) is 10.4 Å². The smallest absolute Gasteiger partial charge is 0.123 e. The van der Waals surface area contributed by atoms with E-state index in [1.165, 1.54) is 23.1 Å². The second-order valence-corrected chi connectivity index (χ2v) is 6.45. The Morgan fingerprint density at radius 2 is 2.11 bits per heavy atom. The fourth-order valence-corrected chi connectivity index (χ4v) is 3.10. The molecule has 0 saturated heterocycles. The van der Waals surface area contributed by atoms with Crippen LogP contribution in [0.25, 0.3) is 0 Å². The van der Waals surface area contributed by atoms with E-state index in [0.29, 0.717) is 12.1 Å². The fourth-order valence-electron chi connectivity index (χ4n) is 1.62. The number of hydrogen-bond acceptors (Lipinski definition) is 3. The Hall–Kier alpha value is -0.910. The summed E-state index contributed by atoms with van der Waals surface area (Å²) in [7, 11) is 0. The highest BCUT2D eigenvalue weighted by Gasteiger charge is 2.03. The average Bonchev–Trinajstić information content (AvgIpc) is 2.75. The van der Waals surface area contributed by atoms with Crippen LogP contribution in [0, 0.1) is 5.82 Å². The van der Waals surface area contributed by atoms with Crippen LogP contribution in [0.3, 0.4) is 0 Å². The molecule has 0 fully saturated rings. The van der Waals surface area contributed by atoms with E-state index in [0.717, 1.165) is 16.8 Å². The maximum Gasteiger partial charge on any atom is 0.123 e. The first-order valence-electron chi connectivity index (χ1n) is 5.57. The standard InChI is InChI=1S/C13H13BrFNOS/c14-13-4-2-11(18-13)5-6-16-8-9-7-10(15)1-3-12(9)17/h1-4,7,16-17H,5-6,8H2. The summed E-state index contributed by atoms with van der Waals surface area (Å²) in [5.41, 5.74) is 0.586. The lowest BCUT2D eigenvalue weighted by Gasteiger charge is -2.06. The molecule has 1 heterocycles. The molecule has 0 atom stereocenters. The van der Waals surface area contributed by atoms with Crippen molar-refractivity contribution in [2.75, 3.05) is 6.54 Å². The van der Waals surface area contributed by atoms with Gasteiger partial charge in [0, 0.05) is 23.5 Å². The van der Waals surface area contributed by atoms with Gasteiger partial charge in [0.2, 0.25) is 0 Å². The van der Waals surface area contributed by atoms with E-state index >= 15 is 0 Å². The summed E-state index contributed by atoms with van der Waals surface area (Å²) in [5, 5.41) is 12.7. The minimum absolute atomic E-state index is 0.128. The van der Waals surface area contributed by atoms with Crippen molar-refractivity contribution in [3.05, 3.63) is 50.4 Å². The minimum atomic E-state index is -0.327. The van der Waals surface area contributed by atoms with Crippen LogP contribution in [0.4, 0.5) is 4.39 Å². The predicted molar refractivity (Wildman–Crippen MR) is 75.5 cm³/mol. The molecule has 0 aliphatic heterocycles. The molecule has 0 amide bonds. The summed E-state index contributed by atoms with van der Waals surface area (Å²) in [6.07, 6.45) is 0.923. The maximum atomic E-state index is 13.0. The quantitative estimate of drug-likeness (QED) is 0.820. The molecule has 18 heavy (non-hydrogen) atoms. The van der Waals surface area contributed by atoms with Crippen LogP contribution in [0.5, 0.6) is 5.75 Å². The van der Waals surface area contributed by atoms with Gasteiger partial charge in [-0.25, -0.2) is 4.39 Å². The highest BCUT2D eigenvalue weighted by atomic mass is 79.9. The van der Waals surface area contributed by atoms with Gasteiger partial charge in [-0.2, -0.15) is 0 Å². The Labute approximate surface area is 118 Å². The van der Waals surface area contributed by atoms with Crippen molar-refractivity contribution in [2.24, 2.45) is 0 Å². The lowest BCUT2D eigenvalue weighted by molar-refractivity contribution is 0.462. The molecule has 0 aliphatic rings. The van der Waals surface area contributed by atoms with Crippen LogP contribution in [0.2, 0.25) is 0 Å². The Morgan fingerprint density at radius 1 is 1.28 bits per heavy atom. The third kappa shape index (κ3) is 3.80. The lowest BCUT2D eigenvalue weighted by Crippen LogP contribution is -2.16. The van der Waals surface area contributed by atoms with Crippen molar-refractivity contribution in [2.45, 2.75) is 13.0 Å². The molecular formula is C13H13BrFNOS. The predicted octanol–water partition coefficient (Wildman–Crippen LogP) is 3.69. The molecule has 2 rings (SSSR count). The zero-order valence-electron chi connectivity index (χ0n) is 9.62. The summed E-state index contributed by atoms with van der Waals surface area (Å²) < 4.78 is 14.1. The number of rotatable bonds is 5. The van der Waals surface area contributed by atoms with Gasteiger partial charge in [0.25, 0.3) is 0 Å². The van der Waals surface area contributed by atoms with Crippen LogP contribution < -0.4 is 5.32 Å². The van der Waals surface area contributed by atoms with Gasteiger partial charge in [-0.15, -0.1) is 11.3 Å². The summed E-state index contributed by atoms with van der Waals surface area (Å²) >= 11 is 5.13. The Balaban J connectivity index is 1.80. The second-order valence-electron chi connectivity index (χ2n) is 3.91. The average molecular weight is 330 g/mol. The van der Waals surface area contributed by atoms with E-state index < -0.39 is 0 Å². The largest absolute Gasteiger partial charge is 0.508 e. The van der Waals surface area contributed by atoms with Gasteiger partial charge in [-0.1, -0.05) is 0 Å². The molecule has 2 nitrogen and oxygen atoms in total. The van der Waals surface area contributed by atoms with Crippen molar-refractivity contribution < 1.29 is 9.50 Å². The van der Waals surface area contributed by atoms with E-state index in [-0.39, 0.29) is 11.6 Å². The van der Waals surface area contributed by atoms with E-state index in [1.54, 1.807) is 11.3 Å². The van der Waals surface area contributed by atoms with E-state index in [9.17, 15) is 9.50 Å². The van der Waals surface area contributed by atoms with Gasteiger partial charge in [0.15, 0.2) is 0 Å². The summed E-state index contributed by atoms with van der Waals surface area (Å²) in [5.74, 6) is -0.199. The lowest BCUT2D eigenvalue weighted by atomic mass is 10.2. The van der Waals surface area contributed by atoms with Crippen molar-refractivity contribution >= 4 is 27.3 Å². The van der Waals surface area contributed by atoms with E-state index in [2.05, 4.69) is 27.3 Å². The second kappa shape index (κ2) is 6.31. The topological polar surface area (TPSA) is 32.3 Å². The van der Waals surface area contributed by atoms with Gasteiger partial charge in [0.05, 0.1) is 3.79 Å². The van der Waals surface area contributed by atoms with Gasteiger partial charge >= 0.3 is 0 Å². The molecule has 0 bridgehead atoms. The van der Waals surface area contributed by atoms with Crippen molar-refractivity contribution in [3.63, 3.8) is 0 Å². The molecule has 0 spiro atoms. The molecule has 2 N–H and O–H groups in total. The van der Waals surface area contributed by atoms with Gasteiger partial charge in [-0.3, -0.25) is 0 Å². The molecule has 0 unspecified atom stereocenters. The van der Waals surface area contributed by atoms with E-state index in [1.807, 2.05) is 6.07 Å². The van der Waals surface area contributed by atoms with Crippen molar-refractivity contribution in [1.82, 2.24) is 5.32 Å². The highest BCUT2D eigenvalue weighted by Crippen LogP contribution is 2.22. The van der Waals surface area contributed by atoms with Crippen molar-refractivity contribution in [3.8, 4) is 5.75 Å². The van der Waals surface area contributed by atoms with Crippen LogP contribution >= 0.6 is 27.3 Å². The minimum Gasteiger partial charge on any atom is -0.508 e. The number of aromatic hydroxyl groups is 1. The van der Waals surface area contributed by atoms with Gasteiger partial charge in [-0.05, 0) is 52.7 Å². The van der Waals surface area contributed by atoms with Gasteiger partial charge in [0.1, 0.15) is 11.6 Å². The Morgan fingerprint density at radius 3 is 2.83 bits per heavy atom. The molecule has 96 valence electrons. The van der Waals surface area contributed by atoms with Crippen LogP contribution in [0.15, 0.2) is 34.1 Å². The zero-order valence-corrected chi connectivity index (χ0v) is 12.0. The third-order valence-corrected chi connectivity index (χ3v) is 4.22. The molecule has 5 heteroatoms. The summed E-state index contributed by atoms with van der Waals surface area (Å²) in [6, 6.07) is 8.09. The molecule has 0 radical (unpaired) electrons. The normalized spacial score (nSPS) is 10.8. The highest BCUT2D eigenvalue weighted by molar-refractivity contribution is 9.11. The number of halogens is 2.